The molecule has 1 amide bonds. The normalized spacial score (nSPS) is 14.4. The van der Waals surface area contributed by atoms with Crippen LogP contribution in [0.4, 0.5) is 5.69 Å². The topological polar surface area (TPSA) is 64.3 Å². The van der Waals surface area contributed by atoms with Gasteiger partial charge in [0.25, 0.3) is 0 Å². The molecule has 3 rings (SSSR count). The van der Waals surface area contributed by atoms with Crippen molar-refractivity contribution in [1.29, 1.82) is 0 Å². The molecule has 4 nitrogen and oxygen atoms in total. The first kappa shape index (κ1) is 14.6. The Morgan fingerprint density at radius 3 is 2.68 bits per heavy atom. The van der Waals surface area contributed by atoms with Crippen LogP contribution in [0, 0.1) is 13.8 Å². The number of nitrogens with one attached hydrogen (secondary N) is 1. The lowest BCUT2D eigenvalue weighted by Crippen LogP contribution is -2.20. The zero-order valence-electron chi connectivity index (χ0n) is 12.8. The van der Waals surface area contributed by atoms with Crippen molar-refractivity contribution in [1.82, 2.24) is 0 Å². The third-order valence-corrected chi connectivity index (χ3v) is 4.21. The minimum Gasteiger partial charge on any atom is -0.492 e. The third kappa shape index (κ3) is 2.70. The maximum absolute atomic E-state index is 11.6. The van der Waals surface area contributed by atoms with Crippen LogP contribution in [-0.2, 0) is 11.2 Å². The largest absolute Gasteiger partial charge is 0.492 e. The number of para-hydroxylation sites is 1. The van der Waals surface area contributed by atoms with Crippen LogP contribution in [0.1, 0.15) is 28.3 Å². The molecule has 0 aliphatic carbocycles. The molecule has 2 aromatic rings. The number of carbonyl (C=O) groups is 1. The lowest BCUT2D eigenvalue weighted by Gasteiger charge is -2.19. The lowest BCUT2D eigenvalue weighted by molar-refractivity contribution is -0.115. The Balaban J connectivity index is 1.81. The van der Waals surface area contributed by atoms with Crippen LogP contribution in [0.25, 0.3) is 0 Å². The van der Waals surface area contributed by atoms with Crippen molar-refractivity contribution in [3.8, 4) is 5.75 Å². The minimum absolute atomic E-state index is 0.0451. The van der Waals surface area contributed by atoms with Crippen molar-refractivity contribution in [2.24, 2.45) is 5.73 Å². The van der Waals surface area contributed by atoms with Crippen LogP contribution in [0.15, 0.2) is 36.4 Å². The maximum atomic E-state index is 11.6. The summed E-state index contributed by atoms with van der Waals surface area (Å²) in [5, 5.41) is 2.92. The number of benzene rings is 2. The Labute approximate surface area is 130 Å². The summed E-state index contributed by atoms with van der Waals surface area (Å²) in [7, 11) is 0. The molecule has 0 bridgehead atoms. The summed E-state index contributed by atoms with van der Waals surface area (Å²) < 4.78 is 5.75. The highest BCUT2D eigenvalue weighted by atomic mass is 16.5. The van der Waals surface area contributed by atoms with Crippen LogP contribution in [0.3, 0.4) is 0 Å². The Morgan fingerprint density at radius 1 is 1.23 bits per heavy atom. The van der Waals surface area contributed by atoms with E-state index in [1.54, 1.807) is 0 Å². The van der Waals surface area contributed by atoms with E-state index >= 15 is 0 Å². The van der Waals surface area contributed by atoms with E-state index in [1.807, 2.05) is 50.2 Å². The summed E-state index contributed by atoms with van der Waals surface area (Å²) in [4.78, 5) is 11.6. The molecule has 3 N–H and O–H groups in total. The summed E-state index contributed by atoms with van der Waals surface area (Å²) >= 11 is 0. The Bertz CT molecular complexity index is 711. The average Bonchev–Trinajstić information content (AvgIpc) is 2.90. The van der Waals surface area contributed by atoms with Crippen LogP contribution in [-0.4, -0.2) is 12.5 Å². The van der Waals surface area contributed by atoms with Crippen LogP contribution < -0.4 is 15.8 Å². The Morgan fingerprint density at radius 2 is 1.95 bits per heavy atom. The SMILES string of the molecule is Cc1c(C(N)COc2ccccc2)cc2c(c1C)NC(=O)C2. The van der Waals surface area contributed by atoms with Crippen LogP contribution in [0.2, 0.25) is 0 Å². The van der Waals surface area contributed by atoms with Crippen molar-refractivity contribution < 1.29 is 9.53 Å². The second-order valence-corrected chi connectivity index (χ2v) is 5.71. The predicted octanol–water partition coefficient (Wildman–Crippen LogP) is 2.88. The average molecular weight is 296 g/mol. The summed E-state index contributed by atoms with van der Waals surface area (Å²) in [6, 6.07) is 11.5. The van der Waals surface area contributed by atoms with Crippen LogP contribution >= 0.6 is 0 Å². The molecule has 0 saturated carbocycles. The molecule has 0 saturated heterocycles. The molecule has 114 valence electrons. The van der Waals surface area contributed by atoms with Gasteiger partial charge >= 0.3 is 0 Å². The first-order valence-electron chi connectivity index (χ1n) is 7.42. The second kappa shape index (κ2) is 5.81. The fourth-order valence-electron chi connectivity index (χ4n) is 2.86. The van der Waals surface area contributed by atoms with Crippen molar-refractivity contribution in [3.05, 3.63) is 58.7 Å². The van der Waals surface area contributed by atoms with Gasteiger partial charge in [-0.15, -0.1) is 0 Å². The number of nitrogens with two attached hydrogens (primary N) is 1. The number of rotatable bonds is 4. The van der Waals surface area contributed by atoms with Gasteiger partial charge in [0.15, 0.2) is 0 Å². The summed E-state index contributed by atoms with van der Waals surface area (Å²) in [6.45, 7) is 4.47. The molecule has 1 aliphatic rings. The highest BCUT2D eigenvalue weighted by molar-refractivity contribution is 6.00. The van der Waals surface area contributed by atoms with Gasteiger partial charge in [-0.1, -0.05) is 24.3 Å². The summed E-state index contributed by atoms with van der Waals surface area (Å²) in [5.41, 5.74) is 11.5. The Hall–Kier alpha value is -2.33. The van der Waals surface area contributed by atoms with Gasteiger partial charge in [0.2, 0.25) is 5.91 Å². The zero-order chi connectivity index (χ0) is 15.7. The van der Waals surface area contributed by atoms with Crippen molar-refractivity contribution in [3.63, 3.8) is 0 Å². The van der Waals surface area contributed by atoms with Crippen molar-refractivity contribution in [2.75, 3.05) is 11.9 Å². The van der Waals surface area contributed by atoms with E-state index in [9.17, 15) is 4.79 Å². The van der Waals surface area contributed by atoms with Gasteiger partial charge in [-0.2, -0.15) is 0 Å². The molecule has 4 heteroatoms. The molecule has 0 fully saturated rings. The predicted molar refractivity (Wildman–Crippen MR) is 87.1 cm³/mol. The van der Waals surface area contributed by atoms with E-state index in [2.05, 4.69) is 5.32 Å². The number of carbonyl (C=O) groups excluding carboxylic acids is 1. The number of fused-ring (bicyclic) bond motifs is 1. The Kier molecular flexibility index (Phi) is 3.86. The fourth-order valence-corrected chi connectivity index (χ4v) is 2.86. The maximum Gasteiger partial charge on any atom is 0.228 e. The van der Waals surface area contributed by atoms with Gasteiger partial charge in [0, 0.05) is 5.69 Å². The molecule has 1 unspecified atom stereocenters. The van der Waals surface area contributed by atoms with E-state index in [-0.39, 0.29) is 11.9 Å². The molecular weight excluding hydrogens is 276 g/mol. The van der Waals surface area contributed by atoms with E-state index in [0.29, 0.717) is 13.0 Å². The molecule has 1 heterocycles. The molecule has 0 radical (unpaired) electrons. The number of ether oxygens (including phenoxy) is 1. The molecule has 0 spiro atoms. The van der Waals surface area contributed by atoms with Crippen LogP contribution in [0.5, 0.6) is 5.75 Å². The van der Waals surface area contributed by atoms with Crippen molar-refractivity contribution >= 4 is 11.6 Å². The number of anilines is 1. The van der Waals surface area contributed by atoms with E-state index in [1.165, 1.54) is 0 Å². The monoisotopic (exact) mass is 296 g/mol. The highest BCUT2D eigenvalue weighted by Crippen LogP contribution is 2.33. The number of hydrogen-bond donors (Lipinski definition) is 2. The molecule has 22 heavy (non-hydrogen) atoms. The minimum atomic E-state index is -0.222. The summed E-state index contributed by atoms with van der Waals surface area (Å²) in [6.07, 6.45) is 0.426. The van der Waals surface area contributed by atoms with Gasteiger partial charge < -0.3 is 15.8 Å². The quantitative estimate of drug-likeness (QED) is 0.912. The lowest BCUT2D eigenvalue weighted by atomic mass is 9.93. The molecular formula is C18H20N2O2. The molecule has 1 aliphatic heterocycles. The summed E-state index contributed by atoms with van der Waals surface area (Å²) in [5.74, 6) is 0.856. The highest BCUT2D eigenvalue weighted by Gasteiger charge is 2.24. The van der Waals surface area contributed by atoms with Gasteiger partial charge in [-0.3, -0.25) is 4.79 Å². The molecule has 0 aromatic heterocycles. The van der Waals surface area contributed by atoms with Crippen molar-refractivity contribution in [2.45, 2.75) is 26.3 Å². The van der Waals surface area contributed by atoms with E-state index in [4.69, 9.17) is 10.5 Å². The second-order valence-electron chi connectivity index (χ2n) is 5.71. The first-order chi connectivity index (χ1) is 10.6. The third-order valence-electron chi connectivity index (χ3n) is 4.21. The standard InChI is InChI=1S/C18H20N2O2/c1-11-12(2)18-13(9-17(21)20-18)8-15(11)16(19)10-22-14-6-4-3-5-7-14/h3-8,16H,9-10,19H2,1-2H3,(H,20,21). The van der Waals surface area contributed by atoms with E-state index in [0.717, 1.165) is 33.7 Å². The molecule has 1 atom stereocenters. The zero-order valence-corrected chi connectivity index (χ0v) is 12.8. The smallest absolute Gasteiger partial charge is 0.228 e. The molecule has 2 aromatic carbocycles. The van der Waals surface area contributed by atoms with Gasteiger partial charge in [0.1, 0.15) is 12.4 Å². The first-order valence-corrected chi connectivity index (χ1v) is 7.42. The van der Waals surface area contributed by atoms with E-state index < -0.39 is 0 Å². The van der Waals surface area contributed by atoms with Gasteiger partial charge in [0.05, 0.1) is 12.5 Å². The fraction of sp³-hybridized carbons (Fsp3) is 0.278. The van der Waals surface area contributed by atoms with Gasteiger partial charge in [-0.25, -0.2) is 0 Å². The number of amides is 1. The number of hydrogen-bond acceptors (Lipinski definition) is 3. The van der Waals surface area contributed by atoms with Gasteiger partial charge in [-0.05, 0) is 48.2 Å².